The van der Waals surface area contributed by atoms with Crippen molar-refractivity contribution in [3.8, 4) is 6.07 Å². The number of anilines is 1. The van der Waals surface area contributed by atoms with E-state index >= 15 is 0 Å². The van der Waals surface area contributed by atoms with Gasteiger partial charge in [0.1, 0.15) is 12.6 Å². The number of carbonyl (C=O) groups excluding carboxylic acids is 1. The highest BCUT2D eigenvalue weighted by atomic mass is 35.5. The van der Waals surface area contributed by atoms with Crippen LogP contribution in [0.3, 0.4) is 0 Å². The van der Waals surface area contributed by atoms with Gasteiger partial charge in [0, 0.05) is 11.6 Å². The molecule has 0 saturated heterocycles. The number of nitrogens with zero attached hydrogens (tertiary/aromatic N) is 2. The first-order chi connectivity index (χ1) is 8.12. The van der Waals surface area contributed by atoms with E-state index in [1.807, 2.05) is 6.92 Å². The number of hydrogen-bond donors (Lipinski definition) is 0. The summed E-state index contributed by atoms with van der Waals surface area (Å²) in [5.41, 5.74) is 1.13. The van der Waals surface area contributed by atoms with Gasteiger partial charge in [-0.25, -0.2) is 0 Å². The summed E-state index contributed by atoms with van der Waals surface area (Å²) in [4.78, 5) is 13.0. The van der Waals surface area contributed by atoms with Crippen LogP contribution in [0.1, 0.15) is 12.5 Å². The van der Waals surface area contributed by atoms with E-state index in [9.17, 15) is 4.79 Å². The van der Waals surface area contributed by atoms with Crippen LogP contribution in [0.15, 0.2) is 18.2 Å². The number of ether oxygens (including phenoxy) is 1. The van der Waals surface area contributed by atoms with Gasteiger partial charge in [0.15, 0.2) is 0 Å². The van der Waals surface area contributed by atoms with E-state index in [0.29, 0.717) is 22.8 Å². The summed E-state index contributed by atoms with van der Waals surface area (Å²) in [6.45, 7) is 2.58. The Bertz CT molecular complexity index is 454. The van der Waals surface area contributed by atoms with E-state index in [-0.39, 0.29) is 12.5 Å². The van der Waals surface area contributed by atoms with Crippen LogP contribution in [0.4, 0.5) is 5.69 Å². The predicted molar refractivity (Wildman–Crippen MR) is 66.1 cm³/mol. The molecule has 0 saturated carbocycles. The van der Waals surface area contributed by atoms with Crippen molar-refractivity contribution < 1.29 is 9.53 Å². The molecule has 90 valence electrons. The average molecular weight is 253 g/mol. The first-order valence-corrected chi connectivity index (χ1v) is 5.51. The van der Waals surface area contributed by atoms with E-state index in [1.165, 1.54) is 7.11 Å². The summed E-state index contributed by atoms with van der Waals surface area (Å²) in [5.74, 6) is -0.351. The van der Waals surface area contributed by atoms with Gasteiger partial charge in [0.2, 0.25) is 0 Å². The van der Waals surface area contributed by atoms with Gasteiger partial charge in [-0.2, -0.15) is 5.26 Å². The van der Waals surface area contributed by atoms with Crippen molar-refractivity contribution in [1.29, 1.82) is 5.26 Å². The summed E-state index contributed by atoms with van der Waals surface area (Å²) >= 11 is 5.89. The minimum Gasteiger partial charge on any atom is -0.468 e. The average Bonchev–Trinajstić information content (AvgIpc) is 2.35. The molecule has 1 aromatic rings. The van der Waals surface area contributed by atoms with Gasteiger partial charge >= 0.3 is 5.97 Å². The third kappa shape index (κ3) is 3.36. The Morgan fingerprint density at radius 3 is 2.82 bits per heavy atom. The molecule has 0 aromatic heterocycles. The monoisotopic (exact) mass is 252 g/mol. The maximum Gasteiger partial charge on any atom is 0.325 e. The number of nitriles is 1. The number of esters is 1. The minimum absolute atomic E-state index is 0.0992. The molecule has 0 spiro atoms. The van der Waals surface area contributed by atoms with Crippen molar-refractivity contribution in [2.24, 2.45) is 0 Å². The molecule has 0 fully saturated rings. The molecule has 0 heterocycles. The lowest BCUT2D eigenvalue weighted by Gasteiger charge is -2.22. The molecular weight excluding hydrogens is 240 g/mol. The maximum atomic E-state index is 11.3. The zero-order chi connectivity index (χ0) is 12.8. The minimum atomic E-state index is -0.351. The van der Waals surface area contributed by atoms with Crippen molar-refractivity contribution in [1.82, 2.24) is 0 Å². The van der Waals surface area contributed by atoms with Crippen LogP contribution in [0.25, 0.3) is 0 Å². The van der Waals surface area contributed by atoms with Crippen LogP contribution in [0.5, 0.6) is 0 Å². The number of benzene rings is 1. The van der Waals surface area contributed by atoms with E-state index < -0.39 is 0 Å². The van der Waals surface area contributed by atoms with Crippen LogP contribution < -0.4 is 4.90 Å². The fraction of sp³-hybridized carbons (Fsp3) is 0.333. The highest BCUT2D eigenvalue weighted by Gasteiger charge is 2.14. The van der Waals surface area contributed by atoms with Gasteiger partial charge in [-0.05, 0) is 25.1 Å². The highest BCUT2D eigenvalue weighted by Crippen LogP contribution is 2.24. The predicted octanol–water partition coefficient (Wildman–Crippen LogP) is 2.21. The van der Waals surface area contributed by atoms with Crippen molar-refractivity contribution in [2.45, 2.75) is 6.92 Å². The molecule has 0 N–H and O–H groups in total. The first kappa shape index (κ1) is 13.3. The quantitative estimate of drug-likeness (QED) is 0.771. The summed E-state index contributed by atoms with van der Waals surface area (Å²) < 4.78 is 4.61. The number of methoxy groups -OCH3 is 1. The second-order valence-electron chi connectivity index (χ2n) is 3.36. The van der Waals surface area contributed by atoms with E-state index in [2.05, 4.69) is 10.8 Å². The lowest BCUT2D eigenvalue weighted by molar-refractivity contribution is -0.138. The lowest BCUT2D eigenvalue weighted by Crippen LogP contribution is -2.30. The highest BCUT2D eigenvalue weighted by molar-refractivity contribution is 6.30. The van der Waals surface area contributed by atoms with Gasteiger partial charge in [0.25, 0.3) is 0 Å². The third-order valence-corrected chi connectivity index (χ3v) is 2.59. The van der Waals surface area contributed by atoms with Gasteiger partial charge in [-0.15, -0.1) is 0 Å². The summed E-state index contributed by atoms with van der Waals surface area (Å²) in [6.07, 6.45) is 0. The molecule has 0 radical (unpaired) electrons. The topological polar surface area (TPSA) is 53.3 Å². The van der Waals surface area contributed by atoms with Gasteiger partial charge < -0.3 is 9.64 Å². The molecule has 4 nitrogen and oxygen atoms in total. The Labute approximate surface area is 105 Å². The largest absolute Gasteiger partial charge is 0.468 e. The smallest absolute Gasteiger partial charge is 0.325 e. The number of rotatable bonds is 4. The second kappa shape index (κ2) is 6.12. The van der Waals surface area contributed by atoms with Gasteiger partial charge in [0.05, 0.1) is 18.4 Å². The summed E-state index contributed by atoms with van der Waals surface area (Å²) in [7, 11) is 1.33. The SMILES string of the molecule is CCN(CC(=O)OC)c1cc(Cl)ccc1C#N. The number of hydrogen-bond acceptors (Lipinski definition) is 4. The fourth-order valence-corrected chi connectivity index (χ4v) is 1.62. The van der Waals surface area contributed by atoms with E-state index in [0.717, 1.165) is 0 Å². The Hall–Kier alpha value is -1.73. The standard InChI is InChI=1S/C12H13ClN2O2/c1-3-15(8-12(16)17-2)11-6-10(13)5-4-9(11)7-14/h4-6H,3,8H2,1-2H3. The zero-order valence-electron chi connectivity index (χ0n) is 9.74. The third-order valence-electron chi connectivity index (χ3n) is 2.35. The number of likely N-dealkylation sites (N-methyl/N-ethyl adjacent to an activating group) is 1. The van der Waals surface area contributed by atoms with Crippen molar-refractivity contribution in [3.05, 3.63) is 28.8 Å². The molecular formula is C12H13ClN2O2. The summed E-state index contributed by atoms with van der Waals surface area (Å²) in [5, 5.41) is 9.54. The molecule has 0 aliphatic rings. The van der Waals surface area contributed by atoms with Crippen LogP contribution in [0.2, 0.25) is 5.02 Å². The Morgan fingerprint density at radius 1 is 1.59 bits per heavy atom. The zero-order valence-corrected chi connectivity index (χ0v) is 10.5. The number of carbonyl (C=O) groups is 1. The molecule has 0 amide bonds. The molecule has 0 unspecified atom stereocenters. The Kier molecular flexibility index (Phi) is 4.80. The van der Waals surface area contributed by atoms with Crippen LogP contribution >= 0.6 is 11.6 Å². The lowest BCUT2D eigenvalue weighted by atomic mass is 10.1. The molecule has 17 heavy (non-hydrogen) atoms. The van der Waals surface area contributed by atoms with E-state index in [4.69, 9.17) is 16.9 Å². The second-order valence-corrected chi connectivity index (χ2v) is 3.80. The molecule has 1 aromatic carbocycles. The maximum absolute atomic E-state index is 11.3. The molecule has 0 atom stereocenters. The molecule has 0 aliphatic carbocycles. The molecule has 1 rings (SSSR count). The molecule has 0 aliphatic heterocycles. The Balaban J connectivity index is 3.06. The first-order valence-electron chi connectivity index (χ1n) is 5.13. The fourth-order valence-electron chi connectivity index (χ4n) is 1.45. The summed E-state index contributed by atoms with van der Waals surface area (Å²) in [6, 6.07) is 7.03. The van der Waals surface area contributed by atoms with Crippen LogP contribution in [0, 0.1) is 11.3 Å². The Morgan fingerprint density at radius 2 is 2.29 bits per heavy atom. The van der Waals surface area contributed by atoms with Crippen molar-refractivity contribution in [2.75, 3.05) is 25.1 Å². The number of halogens is 1. The normalized spacial score (nSPS) is 9.53. The van der Waals surface area contributed by atoms with E-state index in [1.54, 1.807) is 23.1 Å². The van der Waals surface area contributed by atoms with Crippen molar-refractivity contribution >= 4 is 23.3 Å². The van der Waals surface area contributed by atoms with Gasteiger partial charge in [-0.1, -0.05) is 11.6 Å². The molecule has 5 heteroatoms. The van der Waals surface area contributed by atoms with Crippen LogP contribution in [-0.2, 0) is 9.53 Å². The molecule has 0 bridgehead atoms. The van der Waals surface area contributed by atoms with Crippen LogP contribution in [-0.4, -0.2) is 26.2 Å². The van der Waals surface area contributed by atoms with Gasteiger partial charge in [-0.3, -0.25) is 4.79 Å². The van der Waals surface area contributed by atoms with Crippen molar-refractivity contribution in [3.63, 3.8) is 0 Å².